The Morgan fingerprint density at radius 2 is 1.80 bits per heavy atom. The van der Waals surface area contributed by atoms with Crippen LogP contribution in [-0.2, 0) is 11.2 Å². The first-order chi connectivity index (χ1) is 9.46. The fourth-order valence-electron chi connectivity index (χ4n) is 2.10. The summed E-state index contributed by atoms with van der Waals surface area (Å²) >= 11 is 0. The summed E-state index contributed by atoms with van der Waals surface area (Å²) < 4.78 is 10.3. The van der Waals surface area contributed by atoms with Crippen LogP contribution in [0.4, 0.5) is 0 Å². The van der Waals surface area contributed by atoms with Gasteiger partial charge in [-0.3, -0.25) is 0 Å². The summed E-state index contributed by atoms with van der Waals surface area (Å²) in [5.41, 5.74) is 1.60. The molecule has 1 aromatic rings. The first-order valence-corrected chi connectivity index (χ1v) is 7.32. The molecule has 1 aromatic carbocycles. The van der Waals surface area contributed by atoms with E-state index in [1.54, 1.807) is 14.2 Å². The van der Waals surface area contributed by atoms with E-state index in [1.807, 2.05) is 12.1 Å². The van der Waals surface area contributed by atoms with Gasteiger partial charge in [0.15, 0.2) is 0 Å². The monoisotopic (exact) mass is 279 g/mol. The number of methoxy groups -OCH3 is 2. The maximum absolute atomic E-state index is 5.18. The molecular formula is C17H29NO2. The highest BCUT2D eigenvalue weighted by molar-refractivity contribution is 5.27. The molecule has 0 heterocycles. The molecule has 1 atom stereocenters. The maximum Gasteiger partial charge on any atom is 0.118 e. The second-order valence-electron chi connectivity index (χ2n) is 6.24. The minimum atomic E-state index is 0.268. The van der Waals surface area contributed by atoms with Crippen LogP contribution in [0.5, 0.6) is 5.75 Å². The Morgan fingerprint density at radius 3 is 2.35 bits per heavy atom. The maximum atomic E-state index is 5.18. The van der Waals surface area contributed by atoms with Gasteiger partial charge in [-0.25, -0.2) is 0 Å². The van der Waals surface area contributed by atoms with Crippen molar-refractivity contribution in [2.45, 2.75) is 39.7 Å². The Bertz CT molecular complexity index is 373. The highest BCUT2D eigenvalue weighted by Crippen LogP contribution is 2.19. The van der Waals surface area contributed by atoms with Crippen LogP contribution in [0, 0.1) is 5.41 Å². The molecule has 0 fully saturated rings. The summed E-state index contributed by atoms with van der Waals surface area (Å²) in [6.45, 7) is 8.62. The van der Waals surface area contributed by atoms with Crippen LogP contribution in [0.25, 0.3) is 0 Å². The van der Waals surface area contributed by atoms with Crippen molar-refractivity contribution in [3.63, 3.8) is 0 Å². The van der Waals surface area contributed by atoms with Gasteiger partial charge in [0, 0.05) is 26.3 Å². The smallest absolute Gasteiger partial charge is 0.118 e. The highest BCUT2D eigenvalue weighted by atomic mass is 16.5. The van der Waals surface area contributed by atoms with Crippen molar-refractivity contribution in [2.24, 2.45) is 5.41 Å². The average molecular weight is 279 g/mol. The molecule has 0 spiro atoms. The van der Waals surface area contributed by atoms with Crippen LogP contribution >= 0.6 is 0 Å². The van der Waals surface area contributed by atoms with E-state index >= 15 is 0 Å². The molecule has 0 aliphatic rings. The number of ether oxygens (including phenoxy) is 2. The molecule has 20 heavy (non-hydrogen) atoms. The lowest BCUT2D eigenvalue weighted by Crippen LogP contribution is -2.37. The van der Waals surface area contributed by atoms with Gasteiger partial charge in [-0.2, -0.15) is 0 Å². The van der Waals surface area contributed by atoms with Gasteiger partial charge >= 0.3 is 0 Å². The van der Waals surface area contributed by atoms with Crippen molar-refractivity contribution >= 4 is 0 Å². The van der Waals surface area contributed by atoms with Crippen molar-refractivity contribution in [1.82, 2.24) is 5.32 Å². The van der Waals surface area contributed by atoms with Crippen molar-refractivity contribution in [3.8, 4) is 5.75 Å². The quantitative estimate of drug-likeness (QED) is 0.752. The SMILES string of the molecule is COCCC(C)(C)CNC(C)Cc1ccc(OC)cc1. The van der Waals surface area contributed by atoms with E-state index in [-0.39, 0.29) is 5.41 Å². The average Bonchev–Trinajstić information content (AvgIpc) is 2.44. The summed E-state index contributed by atoms with van der Waals surface area (Å²) in [6, 6.07) is 8.76. The third kappa shape index (κ3) is 6.40. The zero-order chi connectivity index (χ0) is 15.0. The van der Waals surface area contributed by atoms with Crippen LogP contribution in [0.2, 0.25) is 0 Å². The van der Waals surface area contributed by atoms with Gasteiger partial charge in [0.05, 0.1) is 7.11 Å². The van der Waals surface area contributed by atoms with E-state index in [0.29, 0.717) is 6.04 Å². The molecule has 3 heteroatoms. The highest BCUT2D eigenvalue weighted by Gasteiger charge is 2.18. The molecule has 0 saturated carbocycles. The Balaban J connectivity index is 2.37. The minimum Gasteiger partial charge on any atom is -0.497 e. The standard InChI is InChI=1S/C17H29NO2/c1-14(18-13-17(2,3)10-11-19-4)12-15-6-8-16(20-5)9-7-15/h6-9,14,18H,10-13H2,1-5H3. The molecule has 1 unspecified atom stereocenters. The van der Waals surface area contributed by atoms with Gasteiger partial charge in [0.2, 0.25) is 0 Å². The van der Waals surface area contributed by atoms with Crippen LogP contribution in [-0.4, -0.2) is 33.4 Å². The van der Waals surface area contributed by atoms with Crippen LogP contribution < -0.4 is 10.1 Å². The Morgan fingerprint density at radius 1 is 1.15 bits per heavy atom. The molecule has 0 aliphatic heterocycles. The van der Waals surface area contributed by atoms with Gasteiger partial charge < -0.3 is 14.8 Å². The van der Waals surface area contributed by atoms with Gasteiger partial charge in [-0.05, 0) is 42.9 Å². The number of nitrogens with one attached hydrogen (secondary N) is 1. The van der Waals surface area contributed by atoms with Crippen molar-refractivity contribution < 1.29 is 9.47 Å². The zero-order valence-corrected chi connectivity index (χ0v) is 13.5. The summed E-state index contributed by atoms with van der Waals surface area (Å²) in [7, 11) is 3.46. The summed E-state index contributed by atoms with van der Waals surface area (Å²) in [5.74, 6) is 0.912. The fraction of sp³-hybridized carbons (Fsp3) is 0.647. The second kappa shape index (κ2) is 8.28. The van der Waals surface area contributed by atoms with E-state index in [0.717, 1.165) is 31.7 Å². The lowest BCUT2D eigenvalue weighted by Gasteiger charge is -2.27. The molecule has 3 nitrogen and oxygen atoms in total. The van der Waals surface area contributed by atoms with E-state index in [1.165, 1.54) is 5.56 Å². The molecule has 0 amide bonds. The third-order valence-electron chi connectivity index (χ3n) is 3.61. The number of benzene rings is 1. The van der Waals surface area contributed by atoms with Crippen molar-refractivity contribution in [3.05, 3.63) is 29.8 Å². The van der Waals surface area contributed by atoms with E-state index in [2.05, 4.69) is 38.2 Å². The van der Waals surface area contributed by atoms with E-state index in [4.69, 9.17) is 9.47 Å². The van der Waals surface area contributed by atoms with Crippen molar-refractivity contribution in [2.75, 3.05) is 27.4 Å². The number of hydrogen-bond donors (Lipinski definition) is 1. The number of hydrogen-bond acceptors (Lipinski definition) is 3. The summed E-state index contributed by atoms with van der Waals surface area (Å²) in [6.07, 6.45) is 2.11. The van der Waals surface area contributed by atoms with Gasteiger partial charge in [-0.15, -0.1) is 0 Å². The van der Waals surface area contributed by atoms with Crippen LogP contribution in [0.1, 0.15) is 32.8 Å². The van der Waals surface area contributed by atoms with Gasteiger partial charge in [0.25, 0.3) is 0 Å². The fourth-order valence-corrected chi connectivity index (χ4v) is 2.10. The van der Waals surface area contributed by atoms with Gasteiger partial charge in [-0.1, -0.05) is 26.0 Å². The Labute approximate surface area is 123 Å². The normalized spacial score (nSPS) is 13.2. The van der Waals surface area contributed by atoms with Crippen LogP contribution in [0.15, 0.2) is 24.3 Å². The molecule has 1 rings (SSSR count). The van der Waals surface area contributed by atoms with Crippen LogP contribution in [0.3, 0.4) is 0 Å². The third-order valence-corrected chi connectivity index (χ3v) is 3.61. The predicted molar refractivity (Wildman–Crippen MR) is 84.4 cm³/mol. The number of rotatable bonds is 9. The second-order valence-corrected chi connectivity index (χ2v) is 6.24. The first-order valence-electron chi connectivity index (χ1n) is 7.32. The molecule has 1 N–H and O–H groups in total. The zero-order valence-electron chi connectivity index (χ0n) is 13.5. The Hall–Kier alpha value is -1.06. The predicted octanol–water partition coefficient (Wildman–Crippen LogP) is 3.28. The van der Waals surface area contributed by atoms with E-state index < -0.39 is 0 Å². The first kappa shape index (κ1) is 17.0. The van der Waals surface area contributed by atoms with Gasteiger partial charge in [0.1, 0.15) is 5.75 Å². The summed E-state index contributed by atoms with van der Waals surface area (Å²) in [4.78, 5) is 0. The van der Waals surface area contributed by atoms with Crippen molar-refractivity contribution in [1.29, 1.82) is 0 Å². The Kier molecular flexibility index (Phi) is 7.03. The molecule has 0 aliphatic carbocycles. The molecule has 0 bridgehead atoms. The molecule has 0 radical (unpaired) electrons. The topological polar surface area (TPSA) is 30.5 Å². The largest absolute Gasteiger partial charge is 0.497 e. The minimum absolute atomic E-state index is 0.268. The molecule has 114 valence electrons. The van der Waals surface area contributed by atoms with E-state index in [9.17, 15) is 0 Å². The molecule has 0 aromatic heterocycles. The molecule has 0 saturated heterocycles. The lowest BCUT2D eigenvalue weighted by atomic mass is 9.89. The lowest BCUT2D eigenvalue weighted by molar-refractivity contribution is 0.149. The molecular weight excluding hydrogens is 250 g/mol. The summed E-state index contributed by atoms with van der Waals surface area (Å²) in [5, 5.41) is 3.62.